The molecule has 0 aliphatic carbocycles. The summed E-state index contributed by atoms with van der Waals surface area (Å²) >= 11 is 0. The van der Waals surface area contributed by atoms with E-state index in [9.17, 15) is 0 Å². The van der Waals surface area contributed by atoms with Gasteiger partial charge in [-0.3, -0.25) is 0 Å². The van der Waals surface area contributed by atoms with Gasteiger partial charge in [-0.1, -0.05) is 163 Å². The zero-order valence-corrected chi connectivity index (χ0v) is 45.3. The van der Waals surface area contributed by atoms with Crippen LogP contribution < -0.4 is 0 Å². The van der Waals surface area contributed by atoms with Crippen molar-refractivity contribution in [2.24, 2.45) is 0 Å². The fourth-order valence-electron chi connectivity index (χ4n) is 12.9. The van der Waals surface area contributed by atoms with Gasteiger partial charge < -0.3 is 13.7 Å². The molecule has 0 saturated carbocycles. The maximum Gasteiger partial charge on any atom is 0.160 e. The molecule has 0 atom stereocenters. The molecule has 15 aromatic rings. The van der Waals surface area contributed by atoms with Gasteiger partial charge in [0, 0.05) is 66.1 Å². The van der Waals surface area contributed by atoms with Crippen LogP contribution in [-0.4, -0.2) is 23.7 Å². The Morgan fingerprint density at radius 1 is 0.263 bits per heavy atom. The Bertz CT molecular complexity index is 4850. The Kier molecular flexibility index (Phi) is 10.9. The van der Waals surface area contributed by atoms with Crippen LogP contribution in [0.4, 0.5) is 0 Å². The molecule has 4 aromatic heterocycles. The third-order valence-corrected chi connectivity index (χ3v) is 16.7. The van der Waals surface area contributed by atoms with E-state index in [0.717, 1.165) is 67.6 Å². The number of hydrogen-bond acceptors (Lipinski definition) is 2. The molecule has 0 radical (unpaired) electrons. The summed E-state index contributed by atoms with van der Waals surface area (Å²) < 4.78 is 7.31. The zero-order chi connectivity index (χ0) is 53.8. The van der Waals surface area contributed by atoms with Gasteiger partial charge in [-0.15, -0.1) is 0 Å². The normalized spacial score (nSPS) is 11.8. The second-order valence-corrected chi connectivity index (χ2v) is 21.7. The number of nitrogens with zero attached hydrogens (tertiary/aromatic N) is 5. The number of fused-ring (bicyclic) bond motifs is 9. The first-order chi connectivity index (χ1) is 39.2. The molecule has 0 amide bonds. The van der Waals surface area contributed by atoms with Crippen molar-refractivity contribution in [1.82, 2.24) is 23.7 Å². The summed E-state index contributed by atoms with van der Waals surface area (Å²) in [7, 11) is 0. The van der Waals surface area contributed by atoms with Crippen LogP contribution in [0.15, 0.2) is 243 Å². The van der Waals surface area contributed by atoms with Crippen LogP contribution in [-0.2, 0) is 0 Å². The predicted molar refractivity (Wildman–Crippen MR) is 336 cm³/mol. The summed E-state index contributed by atoms with van der Waals surface area (Å²) in [5.74, 6) is 0.734. The largest absolute Gasteiger partial charge is 0.309 e. The van der Waals surface area contributed by atoms with Crippen LogP contribution in [0.1, 0.15) is 27.8 Å². The quantitative estimate of drug-likeness (QED) is 0.152. The topological polar surface area (TPSA) is 40.6 Å². The minimum atomic E-state index is 0.734. The molecule has 0 unspecified atom stereocenters. The summed E-state index contributed by atoms with van der Waals surface area (Å²) in [5.41, 5.74) is 26.4. The van der Waals surface area contributed by atoms with E-state index in [1.807, 2.05) is 0 Å². The first-order valence-electron chi connectivity index (χ1n) is 27.6. The van der Waals surface area contributed by atoms with Crippen molar-refractivity contribution in [3.05, 3.63) is 270 Å². The number of aryl methyl sites for hydroxylation is 5. The standard InChI is InChI=1S/C75H55N5/c1-46-26-37-71-63(40-46)62-22-12-15-25-70(62)80(71)57-36-39-73-65(44-57)64-43-56(79-68-23-13-10-20-60(68)61-21-11-14-24-69(61)79)35-38-72(64)78(73)55-33-31-53(32-34-55)74-49(4)41-54(42-50(74)5)51-27-29-52(30-28-51)66-45-67(58-18-8-6-16-47(58)2)77-75(76-66)59-19-9-7-17-48(59)3/h6-45H,1-5H3. The lowest BCUT2D eigenvalue weighted by atomic mass is 9.91. The summed E-state index contributed by atoms with van der Waals surface area (Å²) in [4.78, 5) is 10.3. The highest BCUT2D eigenvalue weighted by atomic mass is 15.0. The maximum absolute atomic E-state index is 5.17. The highest BCUT2D eigenvalue weighted by Gasteiger charge is 2.21. The predicted octanol–water partition coefficient (Wildman–Crippen LogP) is 19.6. The SMILES string of the molecule is Cc1ccc2c(c1)c1ccccc1n2-c1ccc2c(c1)c1cc(-n3c4ccccc4c4ccccc43)ccc1n2-c1ccc(-c2c(C)cc(-c3ccc(-c4cc(-c5ccccc5C)nc(-c5ccccc5C)n4)cc3)cc2C)cc1. The first kappa shape index (κ1) is 47.1. The Morgan fingerprint density at radius 3 is 1.24 bits per heavy atom. The third kappa shape index (κ3) is 7.60. The lowest BCUT2D eigenvalue weighted by Gasteiger charge is -2.15. The Hall–Kier alpha value is -10.1. The molecule has 0 fully saturated rings. The summed E-state index contributed by atoms with van der Waals surface area (Å²) in [6.45, 7) is 10.9. The highest BCUT2D eigenvalue weighted by Crippen LogP contribution is 2.41. The average molecular weight is 1030 g/mol. The molecule has 80 heavy (non-hydrogen) atoms. The Morgan fingerprint density at radius 2 is 0.675 bits per heavy atom. The van der Waals surface area contributed by atoms with Gasteiger partial charge in [-0.2, -0.15) is 0 Å². The van der Waals surface area contributed by atoms with E-state index >= 15 is 0 Å². The molecule has 15 rings (SSSR count). The lowest BCUT2D eigenvalue weighted by molar-refractivity contribution is 1.16. The Labute approximate surface area is 464 Å². The van der Waals surface area contributed by atoms with Gasteiger partial charge in [0.05, 0.1) is 44.5 Å². The molecule has 0 saturated heterocycles. The minimum absolute atomic E-state index is 0.734. The number of aromatic nitrogens is 5. The molecule has 0 N–H and O–H groups in total. The molecule has 11 aromatic carbocycles. The second kappa shape index (κ2) is 18.5. The van der Waals surface area contributed by atoms with Crippen molar-refractivity contribution in [3.63, 3.8) is 0 Å². The molecule has 0 spiro atoms. The lowest BCUT2D eigenvalue weighted by Crippen LogP contribution is -1.98. The Balaban J connectivity index is 0.810. The molecule has 5 nitrogen and oxygen atoms in total. The van der Waals surface area contributed by atoms with Crippen LogP contribution in [0.3, 0.4) is 0 Å². The van der Waals surface area contributed by atoms with Gasteiger partial charge in [0.15, 0.2) is 5.82 Å². The van der Waals surface area contributed by atoms with E-state index in [4.69, 9.17) is 9.97 Å². The van der Waals surface area contributed by atoms with Crippen molar-refractivity contribution >= 4 is 65.4 Å². The van der Waals surface area contributed by atoms with Crippen LogP contribution in [0, 0.1) is 34.6 Å². The zero-order valence-electron chi connectivity index (χ0n) is 45.3. The number of hydrogen-bond donors (Lipinski definition) is 0. The smallest absolute Gasteiger partial charge is 0.160 e. The van der Waals surface area contributed by atoms with Gasteiger partial charge in [0.2, 0.25) is 0 Å². The van der Waals surface area contributed by atoms with Gasteiger partial charge in [0.1, 0.15) is 0 Å². The third-order valence-electron chi connectivity index (χ3n) is 16.7. The fraction of sp³-hybridized carbons (Fsp3) is 0.0667. The number of rotatable bonds is 8. The van der Waals surface area contributed by atoms with E-state index in [1.165, 1.54) is 98.9 Å². The summed E-state index contributed by atoms with van der Waals surface area (Å²) in [6, 6.07) is 88.9. The van der Waals surface area contributed by atoms with Gasteiger partial charge in [-0.25, -0.2) is 9.97 Å². The van der Waals surface area contributed by atoms with Gasteiger partial charge in [-0.05, 0) is 164 Å². The van der Waals surface area contributed by atoms with Crippen molar-refractivity contribution in [2.75, 3.05) is 0 Å². The van der Waals surface area contributed by atoms with Crippen LogP contribution >= 0.6 is 0 Å². The molecular formula is C75H55N5. The monoisotopic (exact) mass is 1030 g/mol. The maximum atomic E-state index is 5.17. The van der Waals surface area contributed by atoms with Crippen LogP contribution in [0.25, 0.3) is 139 Å². The number of benzene rings is 11. The molecule has 0 aliphatic rings. The van der Waals surface area contributed by atoms with E-state index in [2.05, 4.69) is 291 Å². The molecular weight excluding hydrogens is 971 g/mol. The van der Waals surface area contributed by atoms with E-state index < -0.39 is 0 Å². The van der Waals surface area contributed by atoms with Gasteiger partial charge in [0.25, 0.3) is 0 Å². The van der Waals surface area contributed by atoms with Gasteiger partial charge >= 0.3 is 0 Å². The highest BCUT2D eigenvalue weighted by molar-refractivity contribution is 6.14. The molecule has 5 heteroatoms. The van der Waals surface area contributed by atoms with Crippen molar-refractivity contribution in [2.45, 2.75) is 34.6 Å². The second-order valence-electron chi connectivity index (χ2n) is 21.7. The summed E-state index contributed by atoms with van der Waals surface area (Å²) in [6.07, 6.45) is 0. The van der Waals surface area contributed by atoms with Crippen molar-refractivity contribution in [3.8, 4) is 73.2 Å². The minimum Gasteiger partial charge on any atom is -0.309 e. The molecule has 0 aliphatic heterocycles. The summed E-state index contributed by atoms with van der Waals surface area (Å²) in [5, 5.41) is 7.44. The van der Waals surface area contributed by atoms with Crippen molar-refractivity contribution in [1.29, 1.82) is 0 Å². The van der Waals surface area contributed by atoms with E-state index in [-0.39, 0.29) is 0 Å². The molecule has 4 heterocycles. The first-order valence-corrected chi connectivity index (χ1v) is 27.6. The molecule has 0 bridgehead atoms. The fourth-order valence-corrected chi connectivity index (χ4v) is 12.9. The average Bonchev–Trinajstić information content (AvgIpc) is 4.26. The van der Waals surface area contributed by atoms with Crippen LogP contribution in [0.5, 0.6) is 0 Å². The van der Waals surface area contributed by atoms with E-state index in [1.54, 1.807) is 0 Å². The number of para-hydroxylation sites is 3. The molecule has 380 valence electrons. The van der Waals surface area contributed by atoms with Crippen LogP contribution in [0.2, 0.25) is 0 Å². The van der Waals surface area contributed by atoms with E-state index in [0.29, 0.717) is 0 Å². The van der Waals surface area contributed by atoms with Crippen molar-refractivity contribution < 1.29 is 0 Å².